The van der Waals surface area contributed by atoms with E-state index in [-0.39, 0.29) is 37.0 Å². The van der Waals surface area contributed by atoms with E-state index >= 15 is 0 Å². The van der Waals surface area contributed by atoms with Gasteiger partial charge in [-0.25, -0.2) is 8.78 Å². The van der Waals surface area contributed by atoms with E-state index in [2.05, 4.69) is 10.4 Å². The third-order valence-electron chi connectivity index (χ3n) is 2.91. The number of carbonyl (C=O) groups is 2. The molecule has 1 heterocycles. The van der Waals surface area contributed by atoms with Crippen LogP contribution in [0.4, 0.5) is 14.6 Å². The number of aliphatic carboxylic acids is 1. The maximum atomic E-state index is 13.3. The zero-order chi connectivity index (χ0) is 17.5. The largest absolute Gasteiger partial charge is 0.491 e. The number of rotatable bonds is 8. The van der Waals surface area contributed by atoms with Crippen molar-refractivity contribution < 1.29 is 28.2 Å². The van der Waals surface area contributed by atoms with Crippen LogP contribution in [0.2, 0.25) is 0 Å². The number of hydrogen-bond acceptors (Lipinski definition) is 4. The third kappa shape index (κ3) is 5.34. The van der Waals surface area contributed by atoms with Gasteiger partial charge in [-0.15, -0.1) is 0 Å². The molecule has 0 atom stereocenters. The Labute approximate surface area is 135 Å². The summed E-state index contributed by atoms with van der Waals surface area (Å²) in [6, 6.07) is 4.46. The van der Waals surface area contributed by atoms with Crippen molar-refractivity contribution in [1.82, 2.24) is 9.78 Å². The van der Waals surface area contributed by atoms with Gasteiger partial charge >= 0.3 is 5.97 Å². The van der Waals surface area contributed by atoms with Crippen LogP contribution in [-0.4, -0.2) is 33.4 Å². The van der Waals surface area contributed by atoms with E-state index in [0.29, 0.717) is 6.42 Å². The Morgan fingerprint density at radius 3 is 2.79 bits per heavy atom. The van der Waals surface area contributed by atoms with E-state index in [9.17, 15) is 18.4 Å². The van der Waals surface area contributed by atoms with Crippen LogP contribution in [0, 0.1) is 11.6 Å². The Balaban J connectivity index is 1.71. The fraction of sp³-hybridized carbons (Fsp3) is 0.267. The van der Waals surface area contributed by atoms with E-state index < -0.39 is 17.6 Å². The van der Waals surface area contributed by atoms with Crippen molar-refractivity contribution in [3.05, 3.63) is 42.1 Å². The minimum absolute atomic E-state index is 0.0794. The van der Waals surface area contributed by atoms with Gasteiger partial charge in [0.1, 0.15) is 12.4 Å². The maximum absolute atomic E-state index is 13.3. The first-order chi connectivity index (χ1) is 11.4. The monoisotopic (exact) mass is 339 g/mol. The zero-order valence-corrected chi connectivity index (χ0v) is 12.5. The summed E-state index contributed by atoms with van der Waals surface area (Å²) >= 11 is 0. The lowest BCUT2D eigenvalue weighted by atomic mass is 10.3. The molecule has 128 valence electrons. The number of benzene rings is 1. The molecule has 0 unspecified atom stereocenters. The first kappa shape index (κ1) is 17.4. The van der Waals surface area contributed by atoms with E-state index in [1.807, 2.05) is 0 Å². The summed E-state index contributed by atoms with van der Waals surface area (Å²) in [5.74, 6) is -2.71. The van der Waals surface area contributed by atoms with Gasteiger partial charge in [0.15, 0.2) is 17.4 Å². The number of halogens is 2. The molecule has 7 nitrogen and oxygen atoms in total. The lowest BCUT2D eigenvalue weighted by Gasteiger charge is -2.07. The molecule has 9 heteroatoms. The summed E-state index contributed by atoms with van der Waals surface area (Å²) in [4.78, 5) is 22.2. The topological polar surface area (TPSA) is 93.5 Å². The summed E-state index contributed by atoms with van der Waals surface area (Å²) in [7, 11) is 0. The van der Waals surface area contributed by atoms with E-state index in [0.717, 1.165) is 12.1 Å². The summed E-state index contributed by atoms with van der Waals surface area (Å²) in [6.07, 6.45) is 1.86. The summed E-state index contributed by atoms with van der Waals surface area (Å²) in [5.41, 5.74) is 0. The zero-order valence-electron chi connectivity index (χ0n) is 12.5. The molecule has 0 radical (unpaired) electrons. The molecule has 1 amide bonds. The highest BCUT2D eigenvalue weighted by atomic mass is 19.1. The van der Waals surface area contributed by atoms with Crippen molar-refractivity contribution in [2.24, 2.45) is 0 Å². The maximum Gasteiger partial charge on any atom is 0.325 e. The Bertz CT molecular complexity index is 733. The molecule has 2 N–H and O–H groups in total. The number of hydrogen-bond donors (Lipinski definition) is 2. The second-order valence-electron chi connectivity index (χ2n) is 4.87. The van der Waals surface area contributed by atoms with Crippen LogP contribution < -0.4 is 10.1 Å². The number of aromatic nitrogens is 2. The molecule has 0 aliphatic carbocycles. The number of anilines is 1. The van der Waals surface area contributed by atoms with Crippen molar-refractivity contribution >= 4 is 17.7 Å². The predicted molar refractivity (Wildman–Crippen MR) is 79.6 cm³/mol. The van der Waals surface area contributed by atoms with Gasteiger partial charge in [0.25, 0.3) is 0 Å². The molecular formula is C15H15F2N3O4. The molecule has 0 aliphatic heterocycles. The minimum Gasteiger partial charge on any atom is -0.491 e. The number of carboxylic acids is 1. The van der Waals surface area contributed by atoms with E-state index in [1.54, 1.807) is 0 Å². The average Bonchev–Trinajstić information content (AvgIpc) is 2.91. The SMILES string of the molecule is O=C(O)Cn1ccc(NC(=O)CCCOc2ccc(F)cc2F)n1. The normalized spacial score (nSPS) is 10.4. The van der Waals surface area contributed by atoms with Gasteiger partial charge in [0.2, 0.25) is 5.91 Å². The van der Waals surface area contributed by atoms with E-state index in [4.69, 9.17) is 9.84 Å². The van der Waals surface area contributed by atoms with Gasteiger partial charge in [-0.2, -0.15) is 5.10 Å². The Morgan fingerprint density at radius 1 is 1.29 bits per heavy atom. The van der Waals surface area contributed by atoms with Gasteiger partial charge in [-0.05, 0) is 18.6 Å². The van der Waals surface area contributed by atoms with Gasteiger partial charge in [-0.1, -0.05) is 0 Å². The molecule has 2 rings (SSSR count). The second-order valence-corrected chi connectivity index (χ2v) is 4.87. The lowest BCUT2D eigenvalue weighted by Crippen LogP contribution is -2.14. The number of carbonyl (C=O) groups excluding carboxylic acids is 1. The van der Waals surface area contributed by atoms with Gasteiger partial charge in [0, 0.05) is 24.8 Å². The summed E-state index contributed by atoms with van der Waals surface area (Å²) < 4.78 is 32.4. The molecule has 0 saturated carbocycles. The molecule has 0 fully saturated rings. The number of nitrogens with one attached hydrogen (secondary N) is 1. The third-order valence-corrected chi connectivity index (χ3v) is 2.91. The molecule has 1 aromatic carbocycles. The minimum atomic E-state index is -1.04. The quantitative estimate of drug-likeness (QED) is 0.718. The summed E-state index contributed by atoms with van der Waals surface area (Å²) in [6.45, 7) is -0.212. The highest BCUT2D eigenvalue weighted by molar-refractivity contribution is 5.89. The average molecular weight is 339 g/mol. The van der Waals surface area contributed by atoms with Crippen LogP contribution in [0.25, 0.3) is 0 Å². The van der Waals surface area contributed by atoms with Crippen molar-refractivity contribution in [1.29, 1.82) is 0 Å². The fourth-order valence-corrected chi connectivity index (χ4v) is 1.87. The van der Waals surface area contributed by atoms with Gasteiger partial charge in [0.05, 0.1) is 6.61 Å². The van der Waals surface area contributed by atoms with Crippen molar-refractivity contribution in [3.8, 4) is 5.75 Å². The van der Waals surface area contributed by atoms with Gasteiger partial charge in [-0.3, -0.25) is 14.3 Å². The van der Waals surface area contributed by atoms with Crippen molar-refractivity contribution in [3.63, 3.8) is 0 Å². The molecular weight excluding hydrogens is 324 g/mol. The van der Waals surface area contributed by atoms with Crippen molar-refractivity contribution in [2.75, 3.05) is 11.9 Å². The molecule has 0 bridgehead atoms. The molecule has 2 aromatic rings. The van der Waals surface area contributed by atoms with Crippen LogP contribution in [-0.2, 0) is 16.1 Å². The summed E-state index contributed by atoms with van der Waals surface area (Å²) in [5, 5.41) is 15.0. The van der Waals surface area contributed by atoms with Crippen LogP contribution in [0.1, 0.15) is 12.8 Å². The number of carboxylic acid groups (broad SMARTS) is 1. The van der Waals surface area contributed by atoms with Crippen LogP contribution in [0.15, 0.2) is 30.5 Å². The number of ether oxygens (including phenoxy) is 1. The second kappa shape index (κ2) is 8.04. The predicted octanol–water partition coefficient (Wildman–Crippen LogP) is 2.04. The highest BCUT2D eigenvalue weighted by Crippen LogP contribution is 2.17. The number of amides is 1. The van der Waals surface area contributed by atoms with E-state index in [1.165, 1.54) is 23.0 Å². The highest BCUT2D eigenvalue weighted by Gasteiger charge is 2.08. The number of nitrogens with zero attached hydrogens (tertiary/aromatic N) is 2. The first-order valence-corrected chi connectivity index (χ1v) is 7.07. The van der Waals surface area contributed by atoms with Gasteiger partial charge < -0.3 is 15.2 Å². The molecule has 1 aromatic heterocycles. The molecule has 24 heavy (non-hydrogen) atoms. The first-order valence-electron chi connectivity index (χ1n) is 7.07. The smallest absolute Gasteiger partial charge is 0.325 e. The molecule has 0 spiro atoms. The Hall–Kier alpha value is -2.97. The Morgan fingerprint density at radius 2 is 2.08 bits per heavy atom. The van der Waals surface area contributed by atoms with Crippen LogP contribution in [0.5, 0.6) is 5.75 Å². The standard InChI is InChI=1S/C15H15F2N3O4/c16-10-3-4-12(11(17)8-10)24-7-1-2-14(21)18-13-5-6-20(19-13)9-15(22)23/h3-6,8H,1-2,7,9H2,(H,22,23)(H,18,19,21). The van der Waals surface area contributed by atoms with Crippen molar-refractivity contribution in [2.45, 2.75) is 19.4 Å². The molecule has 0 saturated heterocycles. The van der Waals surface area contributed by atoms with Crippen LogP contribution in [0.3, 0.4) is 0 Å². The molecule has 0 aliphatic rings. The fourth-order valence-electron chi connectivity index (χ4n) is 1.87. The lowest BCUT2D eigenvalue weighted by molar-refractivity contribution is -0.137. The van der Waals surface area contributed by atoms with Crippen LogP contribution >= 0.6 is 0 Å². The Kier molecular flexibility index (Phi) is 5.83.